The molecular weight excluding hydrogens is 138 g/mol. The quantitative estimate of drug-likeness (QED) is 0.612. The van der Waals surface area contributed by atoms with Crippen LogP contribution in [0.25, 0.3) is 11.1 Å². The zero-order valence-corrected chi connectivity index (χ0v) is 5.82. The van der Waals surface area contributed by atoms with Gasteiger partial charge in [0.1, 0.15) is 0 Å². The fourth-order valence-corrected chi connectivity index (χ4v) is 0.907. The lowest BCUT2D eigenvalue weighted by atomic mass is 10.2. The average Bonchev–Trinajstić information content (AvgIpc) is 2.58. The van der Waals surface area contributed by atoms with E-state index < -0.39 is 0 Å². The first-order chi connectivity index (χ1) is 5.47. The molecule has 2 heteroatoms. The van der Waals surface area contributed by atoms with Gasteiger partial charge in [-0.1, -0.05) is 6.07 Å². The SMILES string of the molecule is [c]1cocc1-c1cccnc1. The van der Waals surface area contributed by atoms with E-state index in [-0.39, 0.29) is 0 Å². The molecule has 2 aromatic heterocycles. The Hall–Kier alpha value is -1.57. The molecule has 0 amide bonds. The van der Waals surface area contributed by atoms with E-state index >= 15 is 0 Å². The third-order valence-electron chi connectivity index (χ3n) is 1.44. The minimum atomic E-state index is 0.943. The highest BCUT2D eigenvalue weighted by molar-refractivity contribution is 5.59. The summed E-state index contributed by atoms with van der Waals surface area (Å²) in [7, 11) is 0. The van der Waals surface area contributed by atoms with Crippen molar-refractivity contribution < 1.29 is 4.42 Å². The van der Waals surface area contributed by atoms with Gasteiger partial charge in [-0.25, -0.2) is 0 Å². The molecule has 1 radical (unpaired) electrons. The molecule has 0 unspecified atom stereocenters. The second kappa shape index (κ2) is 2.58. The van der Waals surface area contributed by atoms with Crippen LogP contribution >= 0.6 is 0 Å². The molecule has 2 rings (SSSR count). The van der Waals surface area contributed by atoms with Crippen molar-refractivity contribution in [3.05, 3.63) is 43.1 Å². The molecular formula is C9H6NO. The van der Waals surface area contributed by atoms with Crippen molar-refractivity contribution >= 4 is 0 Å². The molecule has 0 aliphatic rings. The molecule has 0 bridgehead atoms. The summed E-state index contributed by atoms with van der Waals surface area (Å²) in [5, 5.41) is 0. The van der Waals surface area contributed by atoms with E-state index in [0.29, 0.717) is 0 Å². The van der Waals surface area contributed by atoms with Crippen LogP contribution in [0.2, 0.25) is 0 Å². The normalized spacial score (nSPS) is 9.82. The third kappa shape index (κ3) is 1.15. The van der Waals surface area contributed by atoms with Gasteiger partial charge in [-0.15, -0.1) is 0 Å². The molecule has 0 spiro atoms. The lowest BCUT2D eigenvalue weighted by molar-refractivity contribution is 0.567. The van der Waals surface area contributed by atoms with Crippen molar-refractivity contribution in [3.8, 4) is 11.1 Å². The van der Waals surface area contributed by atoms with Gasteiger partial charge >= 0.3 is 0 Å². The third-order valence-corrected chi connectivity index (χ3v) is 1.44. The van der Waals surface area contributed by atoms with E-state index in [1.165, 1.54) is 6.26 Å². The van der Waals surface area contributed by atoms with Gasteiger partial charge in [-0.2, -0.15) is 0 Å². The Morgan fingerprint density at radius 2 is 2.45 bits per heavy atom. The smallest absolute Gasteiger partial charge is 0.0988 e. The van der Waals surface area contributed by atoms with Crippen LogP contribution < -0.4 is 0 Å². The fourth-order valence-electron chi connectivity index (χ4n) is 0.907. The zero-order valence-electron chi connectivity index (χ0n) is 5.82. The Morgan fingerprint density at radius 3 is 3.09 bits per heavy atom. The first-order valence-electron chi connectivity index (χ1n) is 3.31. The Labute approximate surface area is 64.5 Å². The molecule has 53 valence electrons. The minimum Gasteiger partial charge on any atom is -0.471 e. The summed E-state index contributed by atoms with van der Waals surface area (Å²) < 4.78 is 4.89. The molecule has 0 saturated heterocycles. The Bertz CT molecular complexity index is 313. The maximum Gasteiger partial charge on any atom is 0.0988 e. The molecule has 0 atom stereocenters. The Morgan fingerprint density at radius 1 is 1.45 bits per heavy atom. The molecule has 0 aliphatic heterocycles. The average molecular weight is 144 g/mol. The number of hydrogen-bond acceptors (Lipinski definition) is 2. The highest BCUT2D eigenvalue weighted by Gasteiger charge is 1.96. The second-order valence-corrected chi connectivity index (χ2v) is 2.17. The van der Waals surface area contributed by atoms with Crippen molar-refractivity contribution in [2.75, 3.05) is 0 Å². The lowest BCUT2D eigenvalue weighted by Crippen LogP contribution is -1.73. The molecule has 2 nitrogen and oxygen atoms in total. The van der Waals surface area contributed by atoms with E-state index in [9.17, 15) is 0 Å². The van der Waals surface area contributed by atoms with Gasteiger partial charge in [0.2, 0.25) is 0 Å². The zero-order chi connectivity index (χ0) is 7.52. The van der Waals surface area contributed by atoms with Gasteiger partial charge < -0.3 is 4.42 Å². The van der Waals surface area contributed by atoms with Gasteiger partial charge in [-0.05, 0) is 6.07 Å². The Balaban J connectivity index is 2.46. The first kappa shape index (κ1) is 6.16. The fraction of sp³-hybridized carbons (Fsp3) is 0. The van der Waals surface area contributed by atoms with Crippen LogP contribution in [0.4, 0.5) is 0 Å². The molecule has 0 aromatic carbocycles. The van der Waals surface area contributed by atoms with E-state index in [4.69, 9.17) is 4.42 Å². The van der Waals surface area contributed by atoms with Crippen LogP contribution in [0.5, 0.6) is 0 Å². The molecule has 11 heavy (non-hydrogen) atoms. The van der Waals surface area contributed by atoms with Crippen molar-refractivity contribution in [1.29, 1.82) is 0 Å². The summed E-state index contributed by atoms with van der Waals surface area (Å²) in [4.78, 5) is 3.98. The van der Waals surface area contributed by atoms with Crippen LogP contribution in [0, 0.1) is 6.07 Å². The monoisotopic (exact) mass is 144 g/mol. The van der Waals surface area contributed by atoms with E-state index in [2.05, 4.69) is 11.1 Å². The van der Waals surface area contributed by atoms with Crippen molar-refractivity contribution in [1.82, 2.24) is 4.98 Å². The van der Waals surface area contributed by atoms with E-state index in [0.717, 1.165) is 11.1 Å². The van der Waals surface area contributed by atoms with Gasteiger partial charge in [0, 0.05) is 29.6 Å². The predicted octanol–water partition coefficient (Wildman–Crippen LogP) is 2.14. The van der Waals surface area contributed by atoms with Crippen LogP contribution in [0.15, 0.2) is 41.5 Å². The summed E-state index contributed by atoms with van der Waals surface area (Å²) in [5.74, 6) is 0. The minimum absolute atomic E-state index is 0.943. The van der Waals surface area contributed by atoms with Crippen molar-refractivity contribution in [2.45, 2.75) is 0 Å². The number of rotatable bonds is 1. The summed E-state index contributed by atoms with van der Waals surface area (Å²) in [6.07, 6.45) is 6.70. The lowest BCUT2D eigenvalue weighted by Gasteiger charge is -1.91. The van der Waals surface area contributed by atoms with E-state index in [1.807, 2.05) is 12.1 Å². The second-order valence-electron chi connectivity index (χ2n) is 2.17. The summed E-state index contributed by atoms with van der Waals surface area (Å²) in [5.41, 5.74) is 1.97. The summed E-state index contributed by atoms with van der Waals surface area (Å²) in [6, 6.07) is 6.80. The van der Waals surface area contributed by atoms with Gasteiger partial charge in [0.15, 0.2) is 0 Å². The van der Waals surface area contributed by atoms with Crippen LogP contribution in [0.3, 0.4) is 0 Å². The predicted molar refractivity (Wildman–Crippen MR) is 40.8 cm³/mol. The van der Waals surface area contributed by atoms with Crippen molar-refractivity contribution in [2.24, 2.45) is 0 Å². The number of furan rings is 1. The van der Waals surface area contributed by atoms with Gasteiger partial charge in [0.25, 0.3) is 0 Å². The Kier molecular flexibility index (Phi) is 1.44. The van der Waals surface area contributed by atoms with Crippen LogP contribution in [0.1, 0.15) is 0 Å². The van der Waals surface area contributed by atoms with Crippen LogP contribution in [-0.2, 0) is 0 Å². The van der Waals surface area contributed by atoms with Gasteiger partial charge in [-0.3, -0.25) is 4.98 Å². The molecule has 0 aliphatic carbocycles. The highest BCUT2D eigenvalue weighted by atomic mass is 16.3. The van der Waals surface area contributed by atoms with Crippen molar-refractivity contribution in [3.63, 3.8) is 0 Å². The maximum absolute atomic E-state index is 4.89. The van der Waals surface area contributed by atoms with E-state index in [1.54, 1.807) is 18.7 Å². The topological polar surface area (TPSA) is 26.0 Å². The first-order valence-corrected chi connectivity index (χ1v) is 3.31. The highest BCUT2D eigenvalue weighted by Crippen LogP contribution is 2.16. The largest absolute Gasteiger partial charge is 0.471 e. The number of nitrogens with zero attached hydrogens (tertiary/aromatic N) is 1. The molecule has 2 heterocycles. The molecule has 0 N–H and O–H groups in total. The molecule has 0 fully saturated rings. The van der Waals surface area contributed by atoms with Gasteiger partial charge in [0.05, 0.1) is 12.5 Å². The number of aromatic nitrogens is 1. The molecule has 2 aromatic rings. The molecule has 0 saturated carbocycles. The van der Waals surface area contributed by atoms with Crippen LogP contribution in [-0.4, -0.2) is 4.98 Å². The summed E-state index contributed by atoms with van der Waals surface area (Å²) in [6.45, 7) is 0. The maximum atomic E-state index is 4.89. The number of hydrogen-bond donors (Lipinski definition) is 0. The summed E-state index contributed by atoms with van der Waals surface area (Å²) >= 11 is 0. The number of pyridine rings is 1. The standard InChI is InChI=1S/C9H6NO/c1-2-8(6-10-4-1)9-3-5-11-7-9/h1-2,4-7H.